The first-order chi connectivity index (χ1) is 10.7. The van der Waals surface area contributed by atoms with Crippen LogP contribution in [0.4, 0.5) is 4.79 Å². The zero-order chi connectivity index (χ0) is 15.4. The maximum atomic E-state index is 12.5. The number of carbonyl (C=O) groups is 1. The average molecular weight is 299 g/mol. The van der Waals surface area contributed by atoms with Gasteiger partial charge in [0.05, 0.1) is 12.6 Å². The van der Waals surface area contributed by atoms with Gasteiger partial charge < -0.3 is 10.2 Å². The van der Waals surface area contributed by atoms with E-state index in [2.05, 4.69) is 15.4 Å². The molecule has 0 spiro atoms. The van der Waals surface area contributed by atoms with Crippen LogP contribution in [0.5, 0.6) is 0 Å². The Labute approximate surface area is 130 Å². The highest BCUT2D eigenvalue weighted by molar-refractivity contribution is 5.74. The van der Waals surface area contributed by atoms with Crippen LogP contribution >= 0.6 is 0 Å². The van der Waals surface area contributed by atoms with Gasteiger partial charge in [-0.15, -0.1) is 0 Å². The third kappa shape index (κ3) is 3.27. The molecule has 1 heterocycles. The molecule has 1 aromatic carbocycles. The second-order valence-electron chi connectivity index (χ2n) is 5.73. The molecule has 1 aromatic heterocycles. The lowest BCUT2D eigenvalue weighted by molar-refractivity contribution is 0.153. The number of rotatable bonds is 5. The van der Waals surface area contributed by atoms with Gasteiger partial charge in [0.25, 0.3) is 0 Å². The van der Waals surface area contributed by atoms with Crippen molar-refractivity contribution < 1.29 is 4.79 Å². The SMILES string of the molecule is CN(C(=O)N[C@H](Cn1cncn1)c1ccccc1)C1CCC1. The molecule has 0 unspecified atom stereocenters. The van der Waals surface area contributed by atoms with Gasteiger partial charge in [-0.25, -0.2) is 9.78 Å². The van der Waals surface area contributed by atoms with Crippen molar-refractivity contribution >= 4 is 6.03 Å². The zero-order valence-electron chi connectivity index (χ0n) is 12.7. The van der Waals surface area contributed by atoms with Gasteiger partial charge in [-0.3, -0.25) is 4.68 Å². The summed E-state index contributed by atoms with van der Waals surface area (Å²) in [5, 5.41) is 7.26. The molecule has 0 aliphatic heterocycles. The molecule has 0 saturated heterocycles. The molecule has 6 heteroatoms. The maximum absolute atomic E-state index is 12.5. The van der Waals surface area contributed by atoms with Gasteiger partial charge in [0.1, 0.15) is 12.7 Å². The summed E-state index contributed by atoms with van der Waals surface area (Å²) >= 11 is 0. The maximum Gasteiger partial charge on any atom is 0.317 e. The highest BCUT2D eigenvalue weighted by Crippen LogP contribution is 2.24. The van der Waals surface area contributed by atoms with E-state index in [4.69, 9.17) is 0 Å². The predicted octanol–water partition coefficient (Wildman–Crippen LogP) is 2.21. The molecule has 2 amide bonds. The summed E-state index contributed by atoms with van der Waals surface area (Å²) in [5.41, 5.74) is 1.06. The average Bonchev–Trinajstić information content (AvgIpc) is 2.98. The van der Waals surface area contributed by atoms with Crippen molar-refractivity contribution in [3.63, 3.8) is 0 Å². The first-order valence-corrected chi connectivity index (χ1v) is 7.64. The van der Waals surface area contributed by atoms with Crippen molar-refractivity contribution in [3.8, 4) is 0 Å². The van der Waals surface area contributed by atoms with Crippen LogP contribution in [0.3, 0.4) is 0 Å². The Morgan fingerprint density at radius 1 is 1.41 bits per heavy atom. The number of benzene rings is 1. The lowest BCUT2D eigenvalue weighted by Crippen LogP contribution is -2.48. The van der Waals surface area contributed by atoms with Crippen LogP contribution in [-0.2, 0) is 6.54 Å². The number of hydrogen-bond acceptors (Lipinski definition) is 3. The highest BCUT2D eigenvalue weighted by atomic mass is 16.2. The molecule has 1 fully saturated rings. The lowest BCUT2D eigenvalue weighted by Gasteiger charge is -2.35. The number of carbonyl (C=O) groups excluding carboxylic acids is 1. The molecule has 1 aliphatic carbocycles. The summed E-state index contributed by atoms with van der Waals surface area (Å²) in [6, 6.07) is 10.2. The Balaban J connectivity index is 1.71. The monoisotopic (exact) mass is 299 g/mol. The number of nitrogens with zero attached hydrogens (tertiary/aromatic N) is 4. The van der Waals surface area contributed by atoms with E-state index in [1.807, 2.05) is 42.3 Å². The van der Waals surface area contributed by atoms with Gasteiger partial charge in [-0.05, 0) is 24.8 Å². The fraction of sp³-hybridized carbons (Fsp3) is 0.438. The predicted molar refractivity (Wildman–Crippen MR) is 83.1 cm³/mol. The number of nitrogens with one attached hydrogen (secondary N) is 1. The van der Waals surface area contributed by atoms with Crippen molar-refractivity contribution in [2.24, 2.45) is 0 Å². The Bertz CT molecular complexity index is 594. The minimum absolute atomic E-state index is 0.0290. The molecule has 1 aliphatic rings. The van der Waals surface area contributed by atoms with E-state index < -0.39 is 0 Å². The molecule has 6 nitrogen and oxygen atoms in total. The number of hydrogen-bond donors (Lipinski definition) is 1. The molecule has 116 valence electrons. The van der Waals surface area contributed by atoms with E-state index in [1.165, 1.54) is 12.7 Å². The summed E-state index contributed by atoms with van der Waals surface area (Å²) < 4.78 is 1.74. The van der Waals surface area contributed by atoms with Crippen LogP contribution in [0.25, 0.3) is 0 Å². The molecular weight excluding hydrogens is 278 g/mol. The molecule has 3 rings (SSSR count). The van der Waals surface area contributed by atoms with Crippen LogP contribution in [0, 0.1) is 0 Å². The molecule has 22 heavy (non-hydrogen) atoms. The van der Waals surface area contributed by atoms with Crippen molar-refractivity contribution in [2.45, 2.75) is 37.9 Å². The van der Waals surface area contributed by atoms with E-state index in [-0.39, 0.29) is 12.1 Å². The van der Waals surface area contributed by atoms with Crippen LogP contribution in [0.1, 0.15) is 30.9 Å². The van der Waals surface area contributed by atoms with Crippen molar-refractivity contribution in [3.05, 3.63) is 48.5 Å². The molecule has 1 N–H and O–H groups in total. The lowest BCUT2D eigenvalue weighted by atomic mass is 9.92. The van der Waals surface area contributed by atoms with E-state index >= 15 is 0 Å². The van der Waals surface area contributed by atoms with Gasteiger partial charge >= 0.3 is 6.03 Å². The second-order valence-corrected chi connectivity index (χ2v) is 5.73. The standard InChI is InChI=1S/C16H21N5O/c1-20(14-8-5-9-14)16(22)19-15(10-21-12-17-11-18-21)13-6-3-2-4-7-13/h2-4,6-7,11-12,14-15H,5,8-10H2,1H3,(H,19,22)/t15-/m1/s1. The Kier molecular flexibility index (Phi) is 4.37. The third-order valence-corrected chi connectivity index (χ3v) is 4.28. The van der Waals surface area contributed by atoms with Gasteiger partial charge in [-0.2, -0.15) is 5.10 Å². The number of amides is 2. The Hall–Kier alpha value is -2.37. The van der Waals surface area contributed by atoms with Crippen LogP contribution in [0.2, 0.25) is 0 Å². The van der Waals surface area contributed by atoms with Crippen LogP contribution < -0.4 is 5.32 Å². The van der Waals surface area contributed by atoms with Gasteiger partial charge in [0.2, 0.25) is 0 Å². The highest BCUT2D eigenvalue weighted by Gasteiger charge is 2.27. The van der Waals surface area contributed by atoms with E-state index in [0.29, 0.717) is 12.6 Å². The summed E-state index contributed by atoms with van der Waals surface area (Å²) in [5.74, 6) is 0. The number of urea groups is 1. The zero-order valence-corrected chi connectivity index (χ0v) is 12.7. The fourth-order valence-electron chi connectivity index (χ4n) is 2.62. The van der Waals surface area contributed by atoms with Crippen molar-refractivity contribution in [1.82, 2.24) is 25.0 Å². The smallest absolute Gasteiger partial charge is 0.317 e. The molecule has 0 bridgehead atoms. The first kappa shape index (κ1) is 14.6. The topological polar surface area (TPSA) is 63.1 Å². The normalized spacial score (nSPS) is 15.9. The van der Waals surface area contributed by atoms with Gasteiger partial charge in [0, 0.05) is 13.1 Å². The first-order valence-electron chi connectivity index (χ1n) is 7.64. The van der Waals surface area contributed by atoms with Gasteiger partial charge in [-0.1, -0.05) is 30.3 Å². The Morgan fingerprint density at radius 3 is 2.77 bits per heavy atom. The largest absolute Gasteiger partial charge is 0.329 e. The molecule has 1 saturated carbocycles. The molecule has 1 atom stereocenters. The van der Waals surface area contributed by atoms with E-state index in [0.717, 1.165) is 18.4 Å². The van der Waals surface area contributed by atoms with Crippen LogP contribution in [-0.4, -0.2) is 38.8 Å². The van der Waals surface area contributed by atoms with E-state index in [1.54, 1.807) is 11.0 Å². The summed E-state index contributed by atoms with van der Waals surface area (Å²) in [6.07, 6.45) is 6.58. The molecule has 2 aromatic rings. The summed E-state index contributed by atoms with van der Waals surface area (Å²) in [6.45, 7) is 0.564. The second kappa shape index (κ2) is 6.60. The minimum atomic E-state index is -0.127. The van der Waals surface area contributed by atoms with E-state index in [9.17, 15) is 4.79 Å². The molecular formula is C16H21N5O. The van der Waals surface area contributed by atoms with Crippen molar-refractivity contribution in [1.29, 1.82) is 0 Å². The van der Waals surface area contributed by atoms with Gasteiger partial charge in [0.15, 0.2) is 0 Å². The minimum Gasteiger partial charge on any atom is -0.329 e. The fourth-order valence-corrected chi connectivity index (χ4v) is 2.62. The van der Waals surface area contributed by atoms with Crippen LogP contribution in [0.15, 0.2) is 43.0 Å². The third-order valence-electron chi connectivity index (χ3n) is 4.28. The number of aromatic nitrogens is 3. The summed E-state index contributed by atoms with van der Waals surface area (Å²) in [4.78, 5) is 18.2. The quantitative estimate of drug-likeness (QED) is 0.920. The Morgan fingerprint density at radius 2 is 2.18 bits per heavy atom. The summed E-state index contributed by atoms with van der Waals surface area (Å²) in [7, 11) is 1.87. The molecule has 0 radical (unpaired) electrons. The van der Waals surface area contributed by atoms with Crippen molar-refractivity contribution in [2.75, 3.05) is 7.05 Å².